The third-order valence-electron chi connectivity index (χ3n) is 4.80. The number of ether oxygens (including phenoxy) is 1. The van der Waals surface area contributed by atoms with Crippen LogP contribution in [-0.2, 0) is 16.1 Å². The average molecular weight is 410 g/mol. The Balaban J connectivity index is 0.00000392. The maximum absolute atomic E-state index is 12.5. The fourth-order valence-electron chi connectivity index (χ4n) is 2.75. The molecule has 0 saturated carbocycles. The number of benzene rings is 1. The molecule has 0 aliphatic heterocycles. The number of nitrogens with zero attached hydrogens (tertiary/aromatic N) is 2. The number of nitrogens with one attached hydrogen (secondary N) is 2. The third-order valence-corrected chi connectivity index (χ3v) is 4.80. The van der Waals surface area contributed by atoms with E-state index in [1.54, 1.807) is 37.6 Å². The molecule has 0 radical (unpaired) electrons. The van der Waals surface area contributed by atoms with Gasteiger partial charge in [0.25, 0.3) is 0 Å². The van der Waals surface area contributed by atoms with Crippen LogP contribution in [0.3, 0.4) is 0 Å². The molecular weight excluding hydrogens is 382 g/mol. The lowest BCUT2D eigenvalue weighted by molar-refractivity contribution is -0.125. The maximum atomic E-state index is 12.5. The minimum atomic E-state index is -0.589. The number of anilines is 2. The van der Waals surface area contributed by atoms with Crippen LogP contribution < -0.4 is 21.1 Å². The summed E-state index contributed by atoms with van der Waals surface area (Å²) in [7, 11) is 1.58. The van der Waals surface area contributed by atoms with Gasteiger partial charge in [0.1, 0.15) is 12.3 Å². The van der Waals surface area contributed by atoms with Crippen molar-refractivity contribution in [2.75, 3.05) is 24.3 Å². The number of carbonyl (C=O) groups excluding carboxylic acids is 2. The summed E-state index contributed by atoms with van der Waals surface area (Å²) in [5.41, 5.74) is 6.42. The van der Waals surface area contributed by atoms with E-state index in [1.165, 1.54) is 10.9 Å². The molecule has 0 aliphatic rings. The summed E-state index contributed by atoms with van der Waals surface area (Å²) < 4.78 is 6.55. The van der Waals surface area contributed by atoms with Gasteiger partial charge in [-0.25, -0.2) is 0 Å². The largest absolute Gasteiger partial charge is 0.497 e. The summed E-state index contributed by atoms with van der Waals surface area (Å²) >= 11 is 0. The van der Waals surface area contributed by atoms with Gasteiger partial charge in [-0.2, -0.15) is 5.10 Å². The van der Waals surface area contributed by atoms with Crippen molar-refractivity contribution in [2.45, 2.75) is 33.2 Å². The highest BCUT2D eigenvalue weighted by Gasteiger charge is 2.33. The summed E-state index contributed by atoms with van der Waals surface area (Å²) in [6, 6.07) is 7.05. The van der Waals surface area contributed by atoms with E-state index in [4.69, 9.17) is 10.5 Å². The second kappa shape index (κ2) is 10.7. The van der Waals surface area contributed by atoms with Crippen molar-refractivity contribution in [1.29, 1.82) is 0 Å². The van der Waals surface area contributed by atoms with E-state index in [0.717, 1.165) is 0 Å². The SMILES string of the molecule is CCC(CC)(CN)C(=O)Nc1cnn(CC(=O)Nc2ccc(OC)cc2)c1.Cl. The van der Waals surface area contributed by atoms with Gasteiger partial charge in [0, 0.05) is 18.4 Å². The maximum Gasteiger partial charge on any atom is 0.246 e. The predicted molar refractivity (Wildman–Crippen MR) is 112 cm³/mol. The highest BCUT2D eigenvalue weighted by molar-refractivity contribution is 5.95. The minimum Gasteiger partial charge on any atom is -0.497 e. The molecule has 154 valence electrons. The van der Waals surface area contributed by atoms with Crippen LogP contribution in [-0.4, -0.2) is 35.2 Å². The van der Waals surface area contributed by atoms with E-state index >= 15 is 0 Å². The summed E-state index contributed by atoms with van der Waals surface area (Å²) in [5, 5.41) is 9.76. The number of amides is 2. The van der Waals surface area contributed by atoms with E-state index in [-0.39, 0.29) is 37.3 Å². The summed E-state index contributed by atoms with van der Waals surface area (Å²) in [6.45, 7) is 4.21. The number of aromatic nitrogens is 2. The lowest BCUT2D eigenvalue weighted by Crippen LogP contribution is -2.41. The average Bonchev–Trinajstić information content (AvgIpc) is 3.10. The molecule has 0 atom stereocenters. The molecule has 28 heavy (non-hydrogen) atoms. The van der Waals surface area contributed by atoms with Gasteiger partial charge in [0.15, 0.2) is 0 Å². The number of methoxy groups -OCH3 is 1. The van der Waals surface area contributed by atoms with Gasteiger partial charge in [-0.05, 0) is 37.1 Å². The summed E-state index contributed by atoms with van der Waals surface area (Å²) in [5.74, 6) is 0.366. The first-order valence-electron chi connectivity index (χ1n) is 8.94. The molecule has 9 heteroatoms. The van der Waals surface area contributed by atoms with Crippen LogP contribution in [0.5, 0.6) is 5.75 Å². The van der Waals surface area contributed by atoms with Crippen LogP contribution in [0.1, 0.15) is 26.7 Å². The fourth-order valence-corrected chi connectivity index (χ4v) is 2.75. The lowest BCUT2D eigenvalue weighted by Gasteiger charge is -2.28. The summed E-state index contributed by atoms with van der Waals surface area (Å²) in [4.78, 5) is 24.7. The minimum absolute atomic E-state index is 0. The molecular formula is C19H28ClN5O3. The van der Waals surface area contributed by atoms with Gasteiger partial charge in [-0.15, -0.1) is 12.4 Å². The second-order valence-electron chi connectivity index (χ2n) is 6.35. The fraction of sp³-hybridized carbons (Fsp3) is 0.421. The molecule has 0 unspecified atom stereocenters. The summed E-state index contributed by atoms with van der Waals surface area (Å²) in [6.07, 6.45) is 4.46. The Morgan fingerprint density at radius 2 is 1.79 bits per heavy atom. The first-order chi connectivity index (χ1) is 13.0. The van der Waals surface area contributed by atoms with Crippen molar-refractivity contribution in [2.24, 2.45) is 11.1 Å². The lowest BCUT2D eigenvalue weighted by atomic mass is 9.81. The molecule has 0 fully saturated rings. The number of hydrogen-bond donors (Lipinski definition) is 3. The molecule has 2 rings (SSSR count). The Morgan fingerprint density at radius 3 is 2.32 bits per heavy atom. The van der Waals surface area contributed by atoms with Crippen molar-refractivity contribution in [3.8, 4) is 5.75 Å². The molecule has 4 N–H and O–H groups in total. The van der Waals surface area contributed by atoms with E-state index in [0.29, 0.717) is 30.0 Å². The molecule has 0 bridgehead atoms. The third kappa shape index (κ3) is 5.71. The van der Waals surface area contributed by atoms with Crippen LogP contribution in [0.4, 0.5) is 11.4 Å². The number of nitrogens with two attached hydrogens (primary N) is 1. The number of halogens is 1. The highest BCUT2D eigenvalue weighted by atomic mass is 35.5. The molecule has 1 heterocycles. The van der Waals surface area contributed by atoms with Crippen LogP contribution in [0.2, 0.25) is 0 Å². The quantitative estimate of drug-likeness (QED) is 0.589. The number of rotatable bonds is 9. The molecule has 1 aromatic carbocycles. The van der Waals surface area contributed by atoms with E-state index in [2.05, 4.69) is 15.7 Å². The van der Waals surface area contributed by atoms with Crippen molar-refractivity contribution in [1.82, 2.24) is 9.78 Å². The number of hydrogen-bond acceptors (Lipinski definition) is 5. The normalized spacial score (nSPS) is 10.7. The van der Waals surface area contributed by atoms with Crippen molar-refractivity contribution < 1.29 is 14.3 Å². The Morgan fingerprint density at radius 1 is 1.14 bits per heavy atom. The molecule has 0 aliphatic carbocycles. The molecule has 8 nitrogen and oxygen atoms in total. The zero-order chi connectivity index (χ0) is 19.9. The van der Waals surface area contributed by atoms with Gasteiger partial charge in [0.05, 0.1) is 24.4 Å². The Hall–Kier alpha value is -2.58. The van der Waals surface area contributed by atoms with E-state index in [1.807, 2.05) is 13.8 Å². The zero-order valence-electron chi connectivity index (χ0n) is 16.4. The smallest absolute Gasteiger partial charge is 0.246 e. The van der Waals surface area contributed by atoms with E-state index < -0.39 is 5.41 Å². The topological polar surface area (TPSA) is 111 Å². The predicted octanol–water partition coefficient (Wildman–Crippen LogP) is 2.66. The Bertz CT molecular complexity index is 764. The van der Waals surface area contributed by atoms with Gasteiger partial charge in [-0.3, -0.25) is 14.3 Å². The van der Waals surface area contributed by atoms with Crippen LogP contribution in [0.15, 0.2) is 36.7 Å². The van der Waals surface area contributed by atoms with Crippen LogP contribution in [0.25, 0.3) is 0 Å². The van der Waals surface area contributed by atoms with Gasteiger partial charge >= 0.3 is 0 Å². The second-order valence-corrected chi connectivity index (χ2v) is 6.35. The van der Waals surface area contributed by atoms with Crippen molar-refractivity contribution in [3.05, 3.63) is 36.7 Å². The van der Waals surface area contributed by atoms with Crippen molar-refractivity contribution >= 4 is 35.6 Å². The number of carbonyl (C=O) groups is 2. The monoisotopic (exact) mass is 409 g/mol. The molecule has 1 aromatic heterocycles. The van der Waals surface area contributed by atoms with Crippen LogP contribution >= 0.6 is 12.4 Å². The Labute approximate surface area is 171 Å². The first kappa shape index (κ1) is 23.5. The van der Waals surface area contributed by atoms with Gasteiger partial charge in [-0.1, -0.05) is 13.8 Å². The molecule has 2 aromatic rings. The highest BCUT2D eigenvalue weighted by Crippen LogP contribution is 2.26. The van der Waals surface area contributed by atoms with Crippen molar-refractivity contribution in [3.63, 3.8) is 0 Å². The standard InChI is InChI=1S/C19H27N5O3.ClH/c1-4-19(5-2,13-20)18(26)23-15-10-21-24(11-15)12-17(25)22-14-6-8-16(27-3)9-7-14;/h6-11H,4-5,12-13,20H2,1-3H3,(H,22,25)(H,23,26);1H. The Kier molecular flexibility index (Phi) is 8.94. The first-order valence-corrected chi connectivity index (χ1v) is 8.94. The van der Waals surface area contributed by atoms with Gasteiger partial charge in [0.2, 0.25) is 11.8 Å². The molecule has 0 saturated heterocycles. The van der Waals surface area contributed by atoms with Gasteiger partial charge < -0.3 is 21.1 Å². The zero-order valence-corrected chi connectivity index (χ0v) is 17.2. The molecule has 0 spiro atoms. The van der Waals surface area contributed by atoms with E-state index in [9.17, 15) is 9.59 Å². The van der Waals surface area contributed by atoms with Crippen LogP contribution in [0, 0.1) is 5.41 Å². The molecule has 2 amide bonds.